The third-order valence-corrected chi connectivity index (χ3v) is 2.73. The van der Waals surface area contributed by atoms with Crippen LogP contribution in [0.25, 0.3) is 0 Å². The van der Waals surface area contributed by atoms with E-state index in [0.717, 1.165) is 5.56 Å². The molecule has 0 aliphatic carbocycles. The zero-order valence-electron chi connectivity index (χ0n) is 11.2. The van der Waals surface area contributed by atoms with Crippen molar-refractivity contribution in [2.75, 3.05) is 0 Å². The van der Waals surface area contributed by atoms with Gasteiger partial charge in [-0.15, -0.1) is 0 Å². The molecule has 104 valence electrons. The molecule has 20 heavy (non-hydrogen) atoms. The largest absolute Gasteiger partial charge is 0.489 e. The lowest BCUT2D eigenvalue weighted by Gasteiger charge is -2.11. The molecular weight excluding hydrogens is 256 g/mol. The average Bonchev–Trinajstić information content (AvgIpc) is 2.47. The first-order valence-electron chi connectivity index (χ1n) is 6.31. The van der Waals surface area contributed by atoms with Crippen LogP contribution in [0.2, 0.25) is 0 Å². The topological polar surface area (TPSA) is 55.8 Å². The summed E-state index contributed by atoms with van der Waals surface area (Å²) < 4.78 is 10.9. The summed E-state index contributed by atoms with van der Waals surface area (Å²) in [7, 11) is 0. The number of rotatable bonds is 6. The Morgan fingerprint density at radius 2 is 1.65 bits per heavy atom. The van der Waals surface area contributed by atoms with Crippen molar-refractivity contribution in [2.45, 2.75) is 19.6 Å². The van der Waals surface area contributed by atoms with Crippen LogP contribution in [-0.2, 0) is 11.4 Å². The first-order valence-corrected chi connectivity index (χ1v) is 6.31. The summed E-state index contributed by atoms with van der Waals surface area (Å²) in [6, 6.07) is 16.8. The summed E-state index contributed by atoms with van der Waals surface area (Å²) in [5, 5.41) is 8.76. The highest BCUT2D eigenvalue weighted by Gasteiger charge is 2.12. The summed E-state index contributed by atoms with van der Waals surface area (Å²) in [5.74, 6) is 0.227. The number of aliphatic carboxylic acids is 1. The molecule has 2 aromatic rings. The summed E-state index contributed by atoms with van der Waals surface area (Å²) in [4.78, 5) is 10.7. The molecule has 0 bridgehead atoms. The highest BCUT2D eigenvalue weighted by Crippen LogP contribution is 2.19. The van der Waals surface area contributed by atoms with E-state index in [0.29, 0.717) is 18.1 Å². The molecule has 2 aromatic carbocycles. The van der Waals surface area contributed by atoms with Gasteiger partial charge in [0.15, 0.2) is 6.10 Å². The summed E-state index contributed by atoms with van der Waals surface area (Å²) >= 11 is 0. The van der Waals surface area contributed by atoms with E-state index in [-0.39, 0.29) is 0 Å². The number of carbonyl (C=O) groups is 1. The first kappa shape index (κ1) is 13.9. The Kier molecular flexibility index (Phi) is 4.60. The molecule has 4 heteroatoms. The van der Waals surface area contributed by atoms with E-state index < -0.39 is 12.1 Å². The molecule has 0 aromatic heterocycles. The predicted octanol–water partition coefficient (Wildman–Crippen LogP) is 3.12. The normalized spacial score (nSPS) is 11.7. The van der Waals surface area contributed by atoms with Crippen LogP contribution in [0.1, 0.15) is 12.5 Å². The van der Waals surface area contributed by atoms with Crippen molar-refractivity contribution in [3.8, 4) is 11.5 Å². The fourth-order valence-electron chi connectivity index (χ4n) is 1.61. The van der Waals surface area contributed by atoms with Gasteiger partial charge in [0.05, 0.1) is 0 Å². The second-order valence-electron chi connectivity index (χ2n) is 4.34. The van der Waals surface area contributed by atoms with Crippen molar-refractivity contribution in [1.82, 2.24) is 0 Å². The molecule has 4 nitrogen and oxygen atoms in total. The van der Waals surface area contributed by atoms with Crippen LogP contribution in [-0.4, -0.2) is 17.2 Å². The van der Waals surface area contributed by atoms with Crippen LogP contribution in [0, 0.1) is 0 Å². The number of hydrogen-bond donors (Lipinski definition) is 1. The van der Waals surface area contributed by atoms with Crippen LogP contribution in [0.5, 0.6) is 11.5 Å². The highest BCUT2D eigenvalue weighted by molar-refractivity contribution is 5.72. The van der Waals surface area contributed by atoms with Crippen molar-refractivity contribution in [3.63, 3.8) is 0 Å². The number of carboxylic acid groups (broad SMARTS) is 1. The molecule has 0 heterocycles. The molecule has 0 saturated heterocycles. The molecule has 0 aliphatic heterocycles. The maximum absolute atomic E-state index is 10.7. The number of ether oxygens (including phenoxy) is 2. The zero-order valence-corrected chi connectivity index (χ0v) is 11.2. The predicted molar refractivity (Wildman–Crippen MR) is 74.9 cm³/mol. The van der Waals surface area contributed by atoms with Gasteiger partial charge in [-0.1, -0.05) is 30.3 Å². The van der Waals surface area contributed by atoms with E-state index in [2.05, 4.69) is 0 Å². The molecular formula is C16H16O4. The Morgan fingerprint density at radius 3 is 2.25 bits per heavy atom. The lowest BCUT2D eigenvalue weighted by molar-refractivity contribution is -0.144. The molecule has 0 amide bonds. The SMILES string of the molecule is CC(Oc1ccc(OCc2ccccc2)cc1)C(=O)O. The van der Waals surface area contributed by atoms with Gasteiger partial charge in [-0.05, 0) is 36.8 Å². The first-order chi connectivity index (χ1) is 9.65. The molecule has 0 saturated carbocycles. The van der Waals surface area contributed by atoms with Crippen LogP contribution >= 0.6 is 0 Å². The number of carboxylic acids is 1. The number of hydrogen-bond acceptors (Lipinski definition) is 3. The maximum Gasteiger partial charge on any atom is 0.344 e. The Hall–Kier alpha value is -2.49. The van der Waals surface area contributed by atoms with E-state index in [1.165, 1.54) is 6.92 Å². The van der Waals surface area contributed by atoms with Gasteiger partial charge in [0.2, 0.25) is 0 Å². The smallest absolute Gasteiger partial charge is 0.344 e. The third-order valence-electron chi connectivity index (χ3n) is 2.73. The third kappa shape index (κ3) is 4.02. The zero-order chi connectivity index (χ0) is 14.4. The van der Waals surface area contributed by atoms with Gasteiger partial charge in [0.1, 0.15) is 18.1 Å². The van der Waals surface area contributed by atoms with Gasteiger partial charge in [0, 0.05) is 0 Å². The Morgan fingerprint density at radius 1 is 1.05 bits per heavy atom. The van der Waals surface area contributed by atoms with Crippen LogP contribution < -0.4 is 9.47 Å². The fourth-order valence-corrected chi connectivity index (χ4v) is 1.61. The van der Waals surface area contributed by atoms with E-state index in [9.17, 15) is 4.79 Å². The summed E-state index contributed by atoms with van der Waals surface area (Å²) in [6.45, 7) is 1.98. The van der Waals surface area contributed by atoms with E-state index in [1.54, 1.807) is 24.3 Å². The molecule has 1 atom stereocenters. The number of benzene rings is 2. The van der Waals surface area contributed by atoms with Crippen LogP contribution in [0.3, 0.4) is 0 Å². The molecule has 0 spiro atoms. The van der Waals surface area contributed by atoms with Gasteiger partial charge >= 0.3 is 5.97 Å². The molecule has 1 unspecified atom stereocenters. The Labute approximate surface area is 117 Å². The average molecular weight is 272 g/mol. The van der Waals surface area contributed by atoms with Gasteiger partial charge in [-0.25, -0.2) is 4.79 Å². The summed E-state index contributed by atoms with van der Waals surface area (Å²) in [6.07, 6.45) is -0.869. The fraction of sp³-hybridized carbons (Fsp3) is 0.188. The second-order valence-corrected chi connectivity index (χ2v) is 4.34. The minimum Gasteiger partial charge on any atom is -0.489 e. The maximum atomic E-state index is 10.7. The van der Waals surface area contributed by atoms with Gasteiger partial charge in [0.25, 0.3) is 0 Å². The second kappa shape index (κ2) is 6.61. The highest BCUT2D eigenvalue weighted by atomic mass is 16.5. The lowest BCUT2D eigenvalue weighted by Crippen LogP contribution is -2.22. The van der Waals surface area contributed by atoms with Gasteiger partial charge in [-0.3, -0.25) is 0 Å². The summed E-state index contributed by atoms with van der Waals surface area (Å²) in [5.41, 5.74) is 1.09. The standard InChI is InChI=1S/C16H16O4/c1-12(16(17)18)20-15-9-7-14(8-10-15)19-11-13-5-3-2-4-6-13/h2-10,12H,11H2,1H3,(H,17,18). The Balaban J connectivity index is 1.90. The van der Waals surface area contributed by atoms with E-state index >= 15 is 0 Å². The molecule has 0 fully saturated rings. The molecule has 0 radical (unpaired) electrons. The van der Waals surface area contributed by atoms with Crippen LogP contribution in [0.4, 0.5) is 0 Å². The lowest BCUT2D eigenvalue weighted by atomic mass is 10.2. The molecule has 0 aliphatic rings. The van der Waals surface area contributed by atoms with Crippen LogP contribution in [0.15, 0.2) is 54.6 Å². The van der Waals surface area contributed by atoms with Crippen molar-refractivity contribution >= 4 is 5.97 Å². The van der Waals surface area contributed by atoms with Crippen molar-refractivity contribution in [3.05, 3.63) is 60.2 Å². The molecule has 2 rings (SSSR count). The molecule has 1 N–H and O–H groups in total. The Bertz CT molecular complexity index is 548. The van der Waals surface area contributed by atoms with E-state index in [4.69, 9.17) is 14.6 Å². The van der Waals surface area contributed by atoms with E-state index in [1.807, 2.05) is 30.3 Å². The monoisotopic (exact) mass is 272 g/mol. The minimum atomic E-state index is -0.991. The quantitative estimate of drug-likeness (QED) is 0.877. The van der Waals surface area contributed by atoms with Gasteiger partial charge < -0.3 is 14.6 Å². The van der Waals surface area contributed by atoms with Crippen molar-refractivity contribution < 1.29 is 19.4 Å². The minimum absolute atomic E-state index is 0.493. The van der Waals surface area contributed by atoms with Gasteiger partial charge in [-0.2, -0.15) is 0 Å². The van der Waals surface area contributed by atoms with Crippen molar-refractivity contribution in [1.29, 1.82) is 0 Å². The van der Waals surface area contributed by atoms with Crippen molar-refractivity contribution in [2.24, 2.45) is 0 Å².